The number of benzene rings is 2. The van der Waals surface area contributed by atoms with Crippen molar-refractivity contribution in [3.63, 3.8) is 0 Å². The molecule has 3 heteroatoms. The molecule has 0 spiro atoms. The maximum absolute atomic E-state index is 13.8. The predicted octanol–water partition coefficient (Wildman–Crippen LogP) is 3.99. The fourth-order valence-corrected chi connectivity index (χ4v) is 2.03. The van der Waals surface area contributed by atoms with Crippen molar-refractivity contribution in [2.45, 2.75) is 26.4 Å². The topological polar surface area (TPSA) is 21.3 Å². The Hall–Kier alpha value is -1.87. The van der Waals surface area contributed by atoms with Crippen molar-refractivity contribution >= 4 is 0 Å². The molecular weight excluding hydrogens is 253 g/mol. The summed E-state index contributed by atoms with van der Waals surface area (Å²) in [6.45, 7) is 4.63. The molecule has 0 aliphatic rings. The maximum Gasteiger partial charge on any atom is 0.131 e. The lowest BCUT2D eigenvalue weighted by Crippen LogP contribution is -2.18. The highest BCUT2D eigenvalue weighted by Crippen LogP contribution is 2.18. The van der Waals surface area contributed by atoms with Crippen LogP contribution in [0, 0.1) is 12.7 Å². The lowest BCUT2D eigenvalue weighted by molar-refractivity contribution is 0.410. The Labute approximate surface area is 119 Å². The fourth-order valence-electron chi connectivity index (χ4n) is 2.03. The Bertz CT molecular complexity index is 566. The van der Waals surface area contributed by atoms with Gasteiger partial charge >= 0.3 is 0 Å². The van der Waals surface area contributed by atoms with Crippen molar-refractivity contribution in [2.75, 3.05) is 7.11 Å². The van der Waals surface area contributed by atoms with Crippen LogP contribution < -0.4 is 10.1 Å². The molecule has 20 heavy (non-hydrogen) atoms. The first-order valence-electron chi connectivity index (χ1n) is 6.72. The molecule has 2 aromatic rings. The monoisotopic (exact) mass is 273 g/mol. The number of hydrogen-bond acceptors (Lipinski definition) is 2. The van der Waals surface area contributed by atoms with E-state index in [1.54, 1.807) is 12.1 Å². The summed E-state index contributed by atoms with van der Waals surface area (Å²) in [5, 5.41) is 3.33. The Morgan fingerprint density at radius 2 is 1.85 bits per heavy atom. The van der Waals surface area contributed by atoms with Crippen molar-refractivity contribution in [3.05, 3.63) is 65.0 Å². The number of halogens is 1. The fraction of sp³-hybridized carbons (Fsp3) is 0.294. The second-order valence-electron chi connectivity index (χ2n) is 4.97. The van der Waals surface area contributed by atoms with Crippen LogP contribution in [0.1, 0.15) is 29.7 Å². The van der Waals surface area contributed by atoms with Crippen LogP contribution in [-0.4, -0.2) is 7.11 Å². The third kappa shape index (κ3) is 3.58. The summed E-state index contributed by atoms with van der Waals surface area (Å²) in [7, 11) is 1.53. The highest BCUT2D eigenvalue weighted by atomic mass is 19.1. The van der Waals surface area contributed by atoms with E-state index in [-0.39, 0.29) is 11.9 Å². The third-order valence-corrected chi connectivity index (χ3v) is 3.44. The van der Waals surface area contributed by atoms with E-state index in [0.717, 1.165) is 0 Å². The Balaban J connectivity index is 1.99. The lowest BCUT2D eigenvalue weighted by Gasteiger charge is -2.15. The van der Waals surface area contributed by atoms with E-state index < -0.39 is 0 Å². The lowest BCUT2D eigenvalue weighted by atomic mass is 10.1. The predicted molar refractivity (Wildman–Crippen MR) is 79.4 cm³/mol. The number of nitrogens with one attached hydrogen (secondary N) is 1. The zero-order valence-electron chi connectivity index (χ0n) is 12.1. The highest BCUT2D eigenvalue weighted by Gasteiger charge is 2.08. The molecule has 0 amide bonds. The molecule has 0 heterocycles. The van der Waals surface area contributed by atoms with Crippen molar-refractivity contribution in [1.29, 1.82) is 0 Å². The van der Waals surface area contributed by atoms with Gasteiger partial charge in [0.25, 0.3) is 0 Å². The van der Waals surface area contributed by atoms with Crippen LogP contribution in [0.25, 0.3) is 0 Å². The molecule has 0 aliphatic carbocycles. The van der Waals surface area contributed by atoms with Crippen LogP contribution in [0.2, 0.25) is 0 Å². The number of ether oxygens (including phenoxy) is 1. The van der Waals surface area contributed by atoms with Gasteiger partial charge in [-0.2, -0.15) is 0 Å². The smallest absolute Gasteiger partial charge is 0.131 e. The molecule has 0 saturated heterocycles. The van der Waals surface area contributed by atoms with Gasteiger partial charge in [-0.05, 0) is 25.5 Å². The van der Waals surface area contributed by atoms with Crippen LogP contribution in [0.15, 0.2) is 42.5 Å². The third-order valence-electron chi connectivity index (χ3n) is 3.44. The summed E-state index contributed by atoms with van der Waals surface area (Å²) in [6.07, 6.45) is 0. The van der Waals surface area contributed by atoms with E-state index in [4.69, 9.17) is 4.74 Å². The number of aryl methyl sites for hydroxylation is 1. The molecule has 1 N–H and O–H groups in total. The van der Waals surface area contributed by atoms with Crippen molar-refractivity contribution < 1.29 is 9.13 Å². The summed E-state index contributed by atoms with van der Waals surface area (Å²) >= 11 is 0. The molecule has 0 aliphatic heterocycles. The van der Waals surface area contributed by atoms with Crippen molar-refractivity contribution in [2.24, 2.45) is 0 Å². The molecule has 2 nitrogen and oxygen atoms in total. The molecule has 106 valence electrons. The van der Waals surface area contributed by atoms with Gasteiger partial charge < -0.3 is 10.1 Å². The van der Waals surface area contributed by atoms with Gasteiger partial charge in [-0.15, -0.1) is 0 Å². The molecule has 0 saturated carbocycles. The van der Waals surface area contributed by atoms with Gasteiger partial charge in [0.15, 0.2) is 0 Å². The van der Waals surface area contributed by atoms with Crippen LogP contribution in [-0.2, 0) is 6.54 Å². The second kappa shape index (κ2) is 6.53. The normalized spacial score (nSPS) is 12.2. The van der Waals surface area contributed by atoms with Gasteiger partial charge in [-0.3, -0.25) is 0 Å². The first-order valence-corrected chi connectivity index (χ1v) is 6.72. The van der Waals surface area contributed by atoms with E-state index in [9.17, 15) is 4.39 Å². The van der Waals surface area contributed by atoms with Gasteiger partial charge in [0.2, 0.25) is 0 Å². The Kier molecular flexibility index (Phi) is 4.74. The molecule has 0 radical (unpaired) electrons. The van der Waals surface area contributed by atoms with E-state index in [0.29, 0.717) is 17.9 Å². The van der Waals surface area contributed by atoms with Crippen LogP contribution in [0.5, 0.6) is 5.75 Å². The van der Waals surface area contributed by atoms with Crippen LogP contribution >= 0.6 is 0 Å². The molecular formula is C17H20FNO. The molecule has 2 rings (SSSR count). The molecule has 0 aromatic heterocycles. The van der Waals surface area contributed by atoms with Crippen LogP contribution in [0.4, 0.5) is 4.39 Å². The summed E-state index contributed by atoms with van der Waals surface area (Å²) in [6, 6.07) is 13.5. The molecule has 1 unspecified atom stereocenters. The van der Waals surface area contributed by atoms with Gasteiger partial charge in [0.05, 0.1) is 7.11 Å². The number of rotatable bonds is 5. The van der Waals surface area contributed by atoms with E-state index in [2.05, 4.69) is 43.4 Å². The second-order valence-corrected chi connectivity index (χ2v) is 4.97. The van der Waals surface area contributed by atoms with Crippen LogP contribution in [0.3, 0.4) is 0 Å². The molecule has 0 fully saturated rings. The summed E-state index contributed by atoms with van der Waals surface area (Å²) in [5.74, 6) is 0.297. The van der Waals surface area contributed by atoms with E-state index >= 15 is 0 Å². The Morgan fingerprint density at radius 1 is 1.15 bits per heavy atom. The average molecular weight is 273 g/mol. The van der Waals surface area contributed by atoms with Crippen molar-refractivity contribution in [1.82, 2.24) is 5.32 Å². The summed E-state index contributed by atoms with van der Waals surface area (Å²) in [4.78, 5) is 0. The minimum Gasteiger partial charge on any atom is -0.497 e. The van der Waals surface area contributed by atoms with Gasteiger partial charge in [-0.25, -0.2) is 4.39 Å². The summed E-state index contributed by atoms with van der Waals surface area (Å²) in [5.41, 5.74) is 3.08. The number of methoxy groups -OCH3 is 1. The first kappa shape index (κ1) is 14.5. The quantitative estimate of drug-likeness (QED) is 0.889. The van der Waals surface area contributed by atoms with Gasteiger partial charge in [0, 0.05) is 24.2 Å². The van der Waals surface area contributed by atoms with E-state index in [1.807, 2.05) is 0 Å². The zero-order chi connectivity index (χ0) is 14.5. The molecule has 2 aromatic carbocycles. The first-order chi connectivity index (χ1) is 9.60. The minimum absolute atomic E-state index is 0.178. The largest absolute Gasteiger partial charge is 0.497 e. The van der Waals surface area contributed by atoms with E-state index in [1.165, 1.54) is 24.3 Å². The zero-order valence-corrected chi connectivity index (χ0v) is 12.1. The number of hydrogen-bond donors (Lipinski definition) is 1. The van der Waals surface area contributed by atoms with Crippen molar-refractivity contribution in [3.8, 4) is 5.75 Å². The molecule has 1 atom stereocenters. The van der Waals surface area contributed by atoms with Gasteiger partial charge in [0.1, 0.15) is 11.6 Å². The standard InChI is InChI=1S/C17H20FNO/c1-12-4-6-14(7-5-12)13(2)19-11-15-8-9-16(20-3)10-17(15)18/h4-10,13,19H,11H2,1-3H3. The summed E-state index contributed by atoms with van der Waals surface area (Å²) < 4.78 is 18.8. The minimum atomic E-state index is -0.243. The highest BCUT2D eigenvalue weighted by molar-refractivity contribution is 5.29. The average Bonchev–Trinajstić information content (AvgIpc) is 2.46. The maximum atomic E-state index is 13.8. The molecule has 0 bridgehead atoms. The SMILES string of the molecule is COc1ccc(CNC(C)c2ccc(C)cc2)c(F)c1. The Morgan fingerprint density at radius 3 is 2.45 bits per heavy atom. The van der Waals surface area contributed by atoms with Gasteiger partial charge in [-0.1, -0.05) is 35.9 Å².